The Kier molecular flexibility index (Phi) is 7.65. The third kappa shape index (κ3) is 4.66. The highest BCUT2D eigenvalue weighted by molar-refractivity contribution is 7.41. The molecule has 4 heteroatoms. The summed E-state index contributed by atoms with van der Waals surface area (Å²) in [6.07, 6.45) is 2.56. The summed E-state index contributed by atoms with van der Waals surface area (Å²) in [6.45, 7) is 2.22. The van der Waals surface area contributed by atoms with Gasteiger partial charge in [0.1, 0.15) is 0 Å². The summed E-state index contributed by atoms with van der Waals surface area (Å²) in [4.78, 5) is 0. The van der Waals surface area contributed by atoms with Crippen LogP contribution in [0.15, 0.2) is 206 Å². The van der Waals surface area contributed by atoms with Gasteiger partial charge in [0, 0.05) is 21.5 Å². The molecule has 0 unspecified atom stereocenters. The number of hydrogen-bond acceptors (Lipinski definition) is 1. The number of rotatable bonds is 8. The van der Waals surface area contributed by atoms with Gasteiger partial charge < -0.3 is 4.40 Å². The minimum absolute atomic E-state index is 1.28. The molecule has 0 radical (unpaired) electrons. The van der Waals surface area contributed by atoms with E-state index in [1.807, 2.05) is 0 Å². The van der Waals surface area contributed by atoms with E-state index < -0.39 is 16.1 Å². The van der Waals surface area contributed by atoms with E-state index in [1.54, 1.807) is 0 Å². The third-order valence-electron chi connectivity index (χ3n) is 11.3. The Morgan fingerprint density at radius 3 is 1.21 bits per heavy atom. The van der Waals surface area contributed by atoms with Crippen molar-refractivity contribution in [2.24, 2.45) is 0 Å². The van der Waals surface area contributed by atoms with Crippen molar-refractivity contribution in [2.45, 2.75) is 6.92 Å². The van der Waals surface area contributed by atoms with Crippen LogP contribution in [0, 0.1) is 6.92 Å². The lowest BCUT2D eigenvalue weighted by Crippen LogP contribution is -2.77. The summed E-state index contributed by atoms with van der Waals surface area (Å²) in [5.41, 5.74) is 3.93. The molecule has 3 heterocycles. The largest absolute Gasteiger partial charge is 0.315 e. The van der Waals surface area contributed by atoms with E-state index in [0.29, 0.717) is 0 Å². The average Bonchev–Trinajstić information content (AvgIpc) is 3.90. The maximum absolute atomic E-state index is 2.93. The van der Waals surface area contributed by atoms with Crippen molar-refractivity contribution in [3.8, 4) is 0 Å². The van der Waals surface area contributed by atoms with Crippen LogP contribution in [-0.4, -0.2) is 20.5 Å². The lowest BCUT2D eigenvalue weighted by Gasteiger charge is -2.36. The molecule has 1 nitrogen and oxygen atoms in total. The molecule has 3 aromatic heterocycles. The van der Waals surface area contributed by atoms with E-state index in [4.69, 9.17) is 0 Å². The van der Waals surface area contributed by atoms with Crippen molar-refractivity contribution in [2.75, 3.05) is 0 Å². The molecule has 53 heavy (non-hydrogen) atoms. The maximum Gasteiger partial charge on any atom is 0.191 e. The highest BCUT2D eigenvalue weighted by Crippen LogP contribution is 2.38. The number of nitrogens with zero attached hydrogens (tertiary/aromatic N) is 1. The molecule has 10 aromatic rings. The third-order valence-corrected chi connectivity index (χ3v) is 22.9. The fourth-order valence-corrected chi connectivity index (χ4v) is 21.8. The molecular formula is C49H37NSSi2. The van der Waals surface area contributed by atoms with Crippen molar-refractivity contribution < 1.29 is 0 Å². The van der Waals surface area contributed by atoms with Crippen LogP contribution in [0.3, 0.4) is 0 Å². The molecule has 0 saturated heterocycles. The van der Waals surface area contributed by atoms with E-state index in [9.17, 15) is 0 Å². The SMILES string of the molecule is Cc1ccc2c(c1)c1sc([Si](c3ccccc3)(c3ccccc3)c3ccccc3)c3c([Si](c4ccccc4)(c4ccccc4)c4ccccc4)cn2c31. The van der Waals surface area contributed by atoms with Crippen molar-refractivity contribution >= 4 is 94.8 Å². The predicted octanol–water partition coefficient (Wildman–Crippen LogP) is 6.81. The molecule has 0 aliphatic rings. The van der Waals surface area contributed by atoms with Crippen LogP contribution >= 0.6 is 11.3 Å². The minimum Gasteiger partial charge on any atom is -0.315 e. The van der Waals surface area contributed by atoms with Crippen LogP contribution in [0.1, 0.15) is 5.56 Å². The predicted molar refractivity (Wildman–Crippen MR) is 233 cm³/mol. The Hall–Kier alpha value is -5.79. The molecule has 0 aliphatic heterocycles. The second-order valence-electron chi connectivity index (χ2n) is 14.1. The quantitative estimate of drug-likeness (QED) is 0.120. The highest BCUT2D eigenvalue weighted by Gasteiger charge is 2.49. The van der Waals surface area contributed by atoms with E-state index >= 15 is 0 Å². The number of benzene rings is 7. The smallest absolute Gasteiger partial charge is 0.191 e. The van der Waals surface area contributed by atoms with Crippen LogP contribution in [0.2, 0.25) is 0 Å². The van der Waals surface area contributed by atoms with Crippen LogP contribution in [0.5, 0.6) is 0 Å². The van der Waals surface area contributed by atoms with E-state index in [2.05, 4.69) is 229 Å². The second kappa shape index (κ2) is 12.7. The van der Waals surface area contributed by atoms with Gasteiger partial charge in [0.15, 0.2) is 16.1 Å². The maximum atomic E-state index is 2.56. The molecule has 7 aromatic carbocycles. The molecule has 0 bridgehead atoms. The molecule has 0 spiro atoms. The van der Waals surface area contributed by atoms with Crippen molar-refractivity contribution in [3.63, 3.8) is 0 Å². The fraction of sp³-hybridized carbons (Fsp3) is 0.0204. The molecule has 252 valence electrons. The van der Waals surface area contributed by atoms with E-state index in [0.717, 1.165) is 0 Å². The van der Waals surface area contributed by atoms with E-state index in [-0.39, 0.29) is 0 Å². The first kappa shape index (κ1) is 31.9. The number of thiophene rings is 1. The Morgan fingerprint density at radius 2 is 0.811 bits per heavy atom. The van der Waals surface area contributed by atoms with E-state index in [1.165, 1.54) is 72.9 Å². The molecule has 0 amide bonds. The Bertz CT molecular complexity index is 2620. The summed E-state index contributed by atoms with van der Waals surface area (Å²) < 4.78 is 5.45. The number of aryl methyl sites for hydroxylation is 1. The molecule has 0 aliphatic carbocycles. The average molecular weight is 728 g/mol. The van der Waals surface area contributed by atoms with Gasteiger partial charge in [0.05, 0.1) is 15.7 Å². The number of hydrogen-bond donors (Lipinski definition) is 0. The Labute approximate surface area is 316 Å². The minimum atomic E-state index is -2.93. The van der Waals surface area contributed by atoms with Gasteiger partial charge in [-0.1, -0.05) is 194 Å². The van der Waals surface area contributed by atoms with Gasteiger partial charge >= 0.3 is 0 Å². The zero-order chi connectivity index (χ0) is 35.4. The van der Waals surface area contributed by atoms with Gasteiger partial charge in [0.25, 0.3) is 0 Å². The summed E-state index contributed by atoms with van der Waals surface area (Å²) in [5.74, 6) is 0. The normalized spacial score (nSPS) is 12.2. The zero-order valence-corrected chi connectivity index (χ0v) is 32.3. The number of aromatic nitrogens is 1. The lowest BCUT2D eigenvalue weighted by atomic mass is 10.2. The molecular weight excluding hydrogens is 691 g/mol. The first-order valence-corrected chi connectivity index (χ1v) is 23.2. The first-order chi connectivity index (χ1) is 26.2. The summed E-state index contributed by atoms with van der Waals surface area (Å²) in [5, 5.41) is 12.6. The monoisotopic (exact) mass is 727 g/mol. The highest BCUT2D eigenvalue weighted by atomic mass is 32.1. The van der Waals surface area contributed by atoms with Crippen molar-refractivity contribution in [1.29, 1.82) is 0 Å². The van der Waals surface area contributed by atoms with Gasteiger partial charge in [0.2, 0.25) is 0 Å². The summed E-state index contributed by atoms with van der Waals surface area (Å²) in [6, 6.07) is 75.6. The van der Waals surface area contributed by atoms with Crippen molar-refractivity contribution in [1.82, 2.24) is 4.40 Å². The summed E-state index contributed by atoms with van der Waals surface area (Å²) in [7, 11) is -5.85. The van der Waals surface area contributed by atoms with Crippen LogP contribution in [-0.2, 0) is 0 Å². The molecule has 0 atom stereocenters. The van der Waals surface area contributed by atoms with Gasteiger partial charge in [-0.15, -0.1) is 11.3 Å². The Balaban J connectivity index is 1.48. The van der Waals surface area contributed by atoms with Crippen molar-refractivity contribution in [3.05, 3.63) is 212 Å². The van der Waals surface area contributed by atoms with Gasteiger partial charge in [-0.2, -0.15) is 0 Å². The van der Waals surface area contributed by atoms with Crippen LogP contribution < -0.4 is 40.8 Å². The molecule has 0 N–H and O–H groups in total. The van der Waals surface area contributed by atoms with Gasteiger partial charge in [-0.3, -0.25) is 0 Å². The fourth-order valence-electron chi connectivity index (χ4n) is 9.11. The van der Waals surface area contributed by atoms with Crippen LogP contribution in [0.25, 0.3) is 26.5 Å². The first-order valence-electron chi connectivity index (χ1n) is 18.4. The topological polar surface area (TPSA) is 4.41 Å². The molecule has 0 fully saturated rings. The standard InChI is InChI=1S/C49H37NSSi2/c1-36-32-33-44-43(34-36)48-47-46(49(51-48)53(40-26-14-5-15-27-40,41-28-16-6-17-29-41)42-30-18-7-19-31-42)45(35-50(44)47)52(37-20-8-2-9-21-37,38-22-10-3-11-23-38)39-24-12-4-13-25-39/h2-35H,1H3. The number of fused-ring (bicyclic) bond motifs is 3. The van der Waals surface area contributed by atoms with Gasteiger partial charge in [-0.25, -0.2) is 0 Å². The Morgan fingerprint density at radius 1 is 0.434 bits per heavy atom. The summed E-state index contributed by atoms with van der Waals surface area (Å²) >= 11 is 2.05. The zero-order valence-electron chi connectivity index (χ0n) is 29.5. The van der Waals surface area contributed by atoms with Crippen LogP contribution in [0.4, 0.5) is 0 Å². The van der Waals surface area contributed by atoms with Gasteiger partial charge in [-0.05, 0) is 55.4 Å². The lowest BCUT2D eigenvalue weighted by molar-refractivity contribution is 1.31. The second-order valence-corrected chi connectivity index (χ2v) is 23.0. The molecule has 10 rings (SSSR count). The molecule has 0 saturated carbocycles.